The fourth-order valence-electron chi connectivity index (χ4n) is 2.37. The van der Waals surface area contributed by atoms with Crippen molar-refractivity contribution in [2.75, 3.05) is 13.9 Å². The van der Waals surface area contributed by atoms with Crippen molar-refractivity contribution in [3.8, 4) is 40.1 Å². The molecule has 4 N–H and O–H groups in total. The minimum Gasteiger partial charge on any atom is -0.508 e. The summed E-state index contributed by atoms with van der Waals surface area (Å²) in [5.41, 5.74) is -0.517. The number of ether oxygens (including phenoxy) is 2. The first-order chi connectivity index (χ1) is 11.9. The monoisotopic (exact) mass is 346 g/mol. The summed E-state index contributed by atoms with van der Waals surface area (Å²) in [4.78, 5) is 12.7. The van der Waals surface area contributed by atoms with Gasteiger partial charge in [0.25, 0.3) is 0 Å². The number of aromatic hydroxyl groups is 4. The summed E-state index contributed by atoms with van der Waals surface area (Å²) >= 11 is 0. The molecule has 25 heavy (non-hydrogen) atoms. The Morgan fingerprint density at radius 2 is 1.76 bits per heavy atom. The number of hydrogen-bond acceptors (Lipinski definition) is 8. The quantitative estimate of drug-likeness (QED) is 0.418. The predicted molar refractivity (Wildman–Crippen MR) is 87.1 cm³/mol. The molecule has 3 aromatic rings. The highest BCUT2D eigenvalue weighted by Gasteiger charge is 2.21. The lowest BCUT2D eigenvalue weighted by Gasteiger charge is -2.12. The van der Waals surface area contributed by atoms with Crippen molar-refractivity contribution < 1.29 is 34.3 Å². The lowest BCUT2D eigenvalue weighted by Crippen LogP contribution is -2.12. The van der Waals surface area contributed by atoms with Crippen LogP contribution in [0, 0.1) is 0 Å². The highest BCUT2D eigenvalue weighted by Crippen LogP contribution is 2.38. The maximum Gasteiger partial charge on any atom is 0.239 e. The first-order valence-corrected chi connectivity index (χ1v) is 7.09. The highest BCUT2D eigenvalue weighted by atomic mass is 16.7. The molecule has 0 atom stereocenters. The molecule has 0 aliphatic heterocycles. The lowest BCUT2D eigenvalue weighted by atomic mass is 10.1. The fourth-order valence-corrected chi connectivity index (χ4v) is 2.37. The van der Waals surface area contributed by atoms with Crippen molar-refractivity contribution in [3.63, 3.8) is 0 Å². The molecule has 0 aliphatic carbocycles. The molecule has 3 rings (SSSR count). The van der Waals surface area contributed by atoms with Gasteiger partial charge in [-0.1, -0.05) is 0 Å². The van der Waals surface area contributed by atoms with Gasteiger partial charge in [0.15, 0.2) is 24.1 Å². The van der Waals surface area contributed by atoms with Crippen molar-refractivity contribution in [3.05, 3.63) is 40.6 Å². The number of hydrogen-bond donors (Lipinski definition) is 4. The number of phenolic OH excluding ortho intramolecular Hbond substituents is 4. The molecule has 1 aromatic heterocycles. The van der Waals surface area contributed by atoms with E-state index in [1.165, 1.54) is 31.4 Å². The zero-order valence-corrected chi connectivity index (χ0v) is 13.0. The number of methoxy groups -OCH3 is 1. The molecule has 0 radical (unpaired) electrons. The Bertz CT molecular complexity index is 1010. The Kier molecular flexibility index (Phi) is 4.12. The van der Waals surface area contributed by atoms with Gasteiger partial charge in [0.05, 0.1) is 0 Å². The summed E-state index contributed by atoms with van der Waals surface area (Å²) in [5, 5.41) is 38.5. The van der Waals surface area contributed by atoms with Gasteiger partial charge in [-0.15, -0.1) is 0 Å². The van der Waals surface area contributed by atoms with E-state index in [9.17, 15) is 25.2 Å². The lowest BCUT2D eigenvalue weighted by molar-refractivity contribution is 0.0497. The molecule has 0 amide bonds. The topological polar surface area (TPSA) is 130 Å². The largest absolute Gasteiger partial charge is 0.508 e. The minimum atomic E-state index is -0.682. The molecule has 8 heteroatoms. The Balaban J connectivity index is 2.35. The summed E-state index contributed by atoms with van der Waals surface area (Å²) in [6.07, 6.45) is 0. The molecule has 0 fully saturated rings. The molecule has 8 nitrogen and oxygen atoms in total. The third-order valence-electron chi connectivity index (χ3n) is 3.48. The average molecular weight is 346 g/mol. The second-order valence-corrected chi connectivity index (χ2v) is 5.18. The Morgan fingerprint density at radius 3 is 2.44 bits per heavy atom. The second kappa shape index (κ2) is 6.25. The standard InChI is InChI=1S/C17H14O8/c1-23-7-24-17-15(22)14-12(21)5-9(18)6-13(14)25-16(17)8-2-3-10(19)11(20)4-8/h2-6,18-21H,7H2,1H3. The van der Waals surface area contributed by atoms with E-state index in [0.29, 0.717) is 0 Å². The predicted octanol–water partition coefficient (Wildman–Crippen LogP) is 2.27. The number of rotatable bonds is 4. The molecule has 0 spiro atoms. The van der Waals surface area contributed by atoms with Crippen LogP contribution in [0.4, 0.5) is 0 Å². The van der Waals surface area contributed by atoms with Gasteiger partial charge in [0.2, 0.25) is 11.2 Å². The first-order valence-electron chi connectivity index (χ1n) is 7.09. The highest BCUT2D eigenvalue weighted by molar-refractivity contribution is 5.88. The van der Waals surface area contributed by atoms with E-state index in [-0.39, 0.29) is 46.3 Å². The van der Waals surface area contributed by atoms with Crippen molar-refractivity contribution in [2.45, 2.75) is 0 Å². The third kappa shape index (κ3) is 2.90. The molecule has 0 saturated heterocycles. The summed E-state index contributed by atoms with van der Waals surface area (Å²) in [7, 11) is 1.37. The zero-order chi connectivity index (χ0) is 18.1. The summed E-state index contributed by atoms with van der Waals surface area (Å²) in [6, 6.07) is 5.98. The smallest absolute Gasteiger partial charge is 0.239 e. The van der Waals surface area contributed by atoms with Crippen molar-refractivity contribution in [2.24, 2.45) is 0 Å². The van der Waals surface area contributed by atoms with Crippen LogP contribution < -0.4 is 10.2 Å². The van der Waals surface area contributed by atoms with Crippen LogP contribution in [0.3, 0.4) is 0 Å². The van der Waals surface area contributed by atoms with Crippen molar-refractivity contribution in [1.82, 2.24) is 0 Å². The number of phenols is 4. The van der Waals surface area contributed by atoms with Gasteiger partial charge in [-0.25, -0.2) is 0 Å². The van der Waals surface area contributed by atoms with Gasteiger partial charge >= 0.3 is 0 Å². The van der Waals surface area contributed by atoms with Crippen LogP contribution in [0.2, 0.25) is 0 Å². The SMILES string of the molecule is COCOc1c(-c2ccc(O)c(O)c2)oc2cc(O)cc(O)c2c1=O. The molecule has 130 valence electrons. The normalized spacial score (nSPS) is 10.9. The molecule has 0 bridgehead atoms. The van der Waals surface area contributed by atoms with E-state index >= 15 is 0 Å². The van der Waals surface area contributed by atoms with E-state index in [0.717, 1.165) is 6.07 Å². The molecule has 2 aromatic carbocycles. The summed E-state index contributed by atoms with van der Waals surface area (Å²) in [5.74, 6) is -1.84. The van der Waals surface area contributed by atoms with Crippen LogP contribution in [-0.4, -0.2) is 34.3 Å². The van der Waals surface area contributed by atoms with Crippen LogP contribution in [0.25, 0.3) is 22.3 Å². The number of benzene rings is 2. The van der Waals surface area contributed by atoms with Crippen molar-refractivity contribution >= 4 is 11.0 Å². The van der Waals surface area contributed by atoms with Crippen LogP contribution in [0.1, 0.15) is 0 Å². The molecular formula is C17H14O8. The summed E-state index contributed by atoms with van der Waals surface area (Å²) in [6.45, 7) is -0.258. The van der Waals surface area contributed by atoms with Gasteiger partial charge < -0.3 is 34.3 Å². The third-order valence-corrected chi connectivity index (χ3v) is 3.48. The average Bonchev–Trinajstić information content (AvgIpc) is 2.55. The molecular weight excluding hydrogens is 332 g/mol. The van der Waals surface area contributed by atoms with E-state index in [1.807, 2.05) is 0 Å². The summed E-state index contributed by atoms with van der Waals surface area (Å²) < 4.78 is 15.7. The van der Waals surface area contributed by atoms with Crippen LogP contribution in [-0.2, 0) is 4.74 Å². The van der Waals surface area contributed by atoms with Crippen LogP contribution in [0.5, 0.6) is 28.7 Å². The molecule has 0 saturated carbocycles. The van der Waals surface area contributed by atoms with Gasteiger partial charge in [-0.3, -0.25) is 4.79 Å². The zero-order valence-electron chi connectivity index (χ0n) is 13.0. The van der Waals surface area contributed by atoms with Gasteiger partial charge in [-0.05, 0) is 18.2 Å². The van der Waals surface area contributed by atoms with Gasteiger partial charge in [-0.2, -0.15) is 0 Å². The minimum absolute atomic E-state index is 0.0603. The van der Waals surface area contributed by atoms with Gasteiger partial charge in [0.1, 0.15) is 22.5 Å². The Morgan fingerprint density at radius 1 is 1.00 bits per heavy atom. The molecule has 1 heterocycles. The van der Waals surface area contributed by atoms with E-state index in [1.54, 1.807) is 0 Å². The maximum atomic E-state index is 12.7. The molecule has 0 aliphatic rings. The Hall–Kier alpha value is -3.39. The van der Waals surface area contributed by atoms with E-state index in [2.05, 4.69) is 0 Å². The van der Waals surface area contributed by atoms with Gasteiger partial charge in [0, 0.05) is 24.8 Å². The van der Waals surface area contributed by atoms with E-state index < -0.39 is 16.9 Å². The fraction of sp³-hybridized carbons (Fsp3) is 0.118. The maximum absolute atomic E-state index is 12.7. The molecule has 0 unspecified atom stereocenters. The second-order valence-electron chi connectivity index (χ2n) is 5.18. The number of fused-ring (bicyclic) bond motifs is 1. The van der Waals surface area contributed by atoms with Crippen LogP contribution in [0.15, 0.2) is 39.5 Å². The van der Waals surface area contributed by atoms with E-state index in [4.69, 9.17) is 13.9 Å². The Labute approximate surface area is 140 Å². The van der Waals surface area contributed by atoms with Crippen LogP contribution >= 0.6 is 0 Å². The van der Waals surface area contributed by atoms with Crippen molar-refractivity contribution in [1.29, 1.82) is 0 Å². The first kappa shape index (κ1) is 16.5.